The lowest BCUT2D eigenvalue weighted by molar-refractivity contribution is -0.120. The van der Waals surface area contributed by atoms with Crippen LogP contribution in [0.25, 0.3) is 21.3 Å². The molecule has 6 nitrogen and oxygen atoms in total. The molecule has 0 aliphatic carbocycles. The SMILES string of the molecule is CN1CCN(CC(=O)Cc2cc3cc(-c4cncs4)ccc3nn2)CC1. The van der Waals surface area contributed by atoms with Crippen LogP contribution in [0, 0.1) is 0 Å². The summed E-state index contributed by atoms with van der Waals surface area (Å²) >= 11 is 1.61. The molecule has 0 atom stereocenters. The van der Waals surface area contributed by atoms with Gasteiger partial charge < -0.3 is 4.90 Å². The van der Waals surface area contributed by atoms with Crippen molar-refractivity contribution >= 4 is 28.0 Å². The molecule has 1 fully saturated rings. The maximum atomic E-state index is 12.4. The summed E-state index contributed by atoms with van der Waals surface area (Å²) in [6.45, 7) is 4.43. The average molecular weight is 367 g/mol. The summed E-state index contributed by atoms with van der Waals surface area (Å²) in [5.74, 6) is 0.196. The molecular weight excluding hydrogens is 346 g/mol. The highest BCUT2D eigenvalue weighted by molar-refractivity contribution is 7.13. The van der Waals surface area contributed by atoms with Crippen molar-refractivity contribution in [2.75, 3.05) is 39.8 Å². The van der Waals surface area contributed by atoms with Gasteiger partial charge in [-0.2, -0.15) is 10.2 Å². The Balaban J connectivity index is 1.47. The van der Waals surface area contributed by atoms with E-state index in [1.807, 2.05) is 29.9 Å². The third-order valence-electron chi connectivity index (χ3n) is 4.73. The van der Waals surface area contributed by atoms with Crippen LogP contribution in [-0.2, 0) is 11.2 Å². The average Bonchev–Trinajstić information content (AvgIpc) is 3.18. The van der Waals surface area contributed by atoms with Crippen LogP contribution in [0.15, 0.2) is 36.0 Å². The molecule has 3 heterocycles. The number of benzene rings is 1. The summed E-state index contributed by atoms with van der Waals surface area (Å²) in [6.07, 6.45) is 2.20. The van der Waals surface area contributed by atoms with E-state index in [9.17, 15) is 4.79 Å². The molecule has 1 aliphatic rings. The molecular formula is C19H21N5OS. The van der Waals surface area contributed by atoms with Gasteiger partial charge in [-0.25, -0.2) is 0 Å². The highest BCUT2D eigenvalue weighted by Gasteiger charge is 2.17. The van der Waals surface area contributed by atoms with E-state index in [4.69, 9.17) is 0 Å². The quantitative estimate of drug-likeness (QED) is 0.688. The van der Waals surface area contributed by atoms with Crippen LogP contribution in [0.1, 0.15) is 5.69 Å². The van der Waals surface area contributed by atoms with E-state index < -0.39 is 0 Å². The number of rotatable bonds is 5. The van der Waals surface area contributed by atoms with Gasteiger partial charge in [-0.3, -0.25) is 14.7 Å². The lowest BCUT2D eigenvalue weighted by Gasteiger charge is -2.31. The molecule has 4 rings (SSSR count). The van der Waals surface area contributed by atoms with Crippen LogP contribution in [0.5, 0.6) is 0 Å². The Kier molecular flexibility index (Phi) is 5.01. The molecule has 3 aromatic rings. The molecule has 7 heteroatoms. The van der Waals surface area contributed by atoms with Gasteiger partial charge in [0.25, 0.3) is 0 Å². The fraction of sp³-hybridized carbons (Fsp3) is 0.368. The molecule has 26 heavy (non-hydrogen) atoms. The number of likely N-dealkylation sites (N-methyl/N-ethyl adjacent to an activating group) is 1. The summed E-state index contributed by atoms with van der Waals surface area (Å²) in [5, 5.41) is 9.52. The monoisotopic (exact) mass is 367 g/mol. The first-order valence-corrected chi connectivity index (χ1v) is 9.63. The van der Waals surface area contributed by atoms with Gasteiger partial charge in [-0.1, -0.05) is 6.07 Å². The van der Waals surface area contributed by atoms with Crippen LogP contribution in [0.2, 0.25) is 0 Å². The molecule has 0 bridgehead atoms. The minimum absolute atomic E-state index is 0.196. The molecule has 0 saturated carbocycles. The van der Waals surface area contributed by atoms with E-state index in [0.29, 0.717) is 13.0 Å². The second-order valence-electron chi connectivity index (χ2n) is 6.77. The topological polar surface area (TPSA) is 62.2 Å². The Morgan fingerprint density at radius 2 is 2.00 bits per heavy atom. The number of nitrogens with zero attached hydrogens (tertiary/aromatic N) is 5. The minimum atomic E-state index is 0.196. The largest absolute Gasteiger partial charge is 0.304 e. The zero-order valence-corrected chi connectivity index (χ0v) is 15.6. The van der Waals surface area contributed by atoms with Gasteiger partial charge in [0, 0.05) is 37.8 Å². The number of ketones is 1. The number of Topliss-reactive ketones (excluding diaryl/α,β-unsaturated/α-hetero) is 1. The minimum Gasteiger partial charge on any atom is -0.304 e. The summed E-state index contributed by atoms with van der Waals surface area (Å²) in [5.41, 5.74) is 4.52. The summed E-state index contributed by atoms with van der Waals surface area (Å²) in [4.78, 5) is 22.2. The maximum absolute atomic E-state index is 12.4. The van der Waals surface area contributed by atoms with Gasteiger partial charge in [0.15, 0.2) is 5.78 Å². The smallest absolute Gasteiger partial charge is 0.152 e. The summed E-state index contributed by atoms with van der Waals surface area (Å²) < 4.78 is 0. The van der Waals surface area contributed by atoms with Gasteiger partial charge in [-0.05, 0) is 30.8 Å². The van der Waals surface area contributed by atoms with Crippen molar-refractivity contribution in [1.29, 1.82) is 0 Å². The number of aromatic nitrogens is 3. The van der Waals surface area contributed by atoms with Crippen LogP contribution in [0.4, 0.5) is 0 Å². The molecule has 0 amide bonds. The van der Waals surface area contributed by atoms with Crippen molar-refractivity contribution in [3.05, 3.63) is 41.7 Å². The molecule has 0 spiro atoms. The van der Waals surface area contributed by atoms with E-state index in [1.165, 1.54) is 0 Å². The number of hydrogen-bond acceptors (Lipinski definition) is 7. The number of thiazole rings is 1. The van der Waals surface area contributed by atoms with E-state index in [2.05, 4.69) is 38.1 Å². The second kappa shape index (κ2) is 7.57. The van der Waals surface area contributed by atoms with E-state index in [0.717, 1.165) is 53.2 Å². The molecule has 1 aliphatic heterocycles. The molecule has 0 N–H and O–H groups in total. The Bertz CT molecular complexity index is 903. The number of hydrogen-bond donors (Lipinski definition) is 0. The van der Waals surface area contributed by atoms with Gasteiger partial charge in [-0.15, -0.1) is 11.3 Å². The second-order valence-corrected chi connectivity index (χ2v) is 7.66. The molecule has 134 valence electrons. The molecule has 1 saturated heterocycles. The van der Waals surface area contributed by atoms with Crippen LogP contribution >= 0.6 is 11.3 Å². The highest BCUT2D eigenvalue weighted by atomic mass is 32.1. The Morgan fingerprint density at radius 3 is 2.77 bits per heavy atom. The van der Waals surface area contributed by atoms with Crippen molar-refractivity contribution in [2.45, 2.75) is 6.42 Å². The van der Waals surface area contributed by atoms with Crippen LogP contribution in [-0.4, -0.2) is 70.5 Å². The number of piperazine rings is 1. The Labute approximate surface area is 156 Å². The van der Waals surface area contributed by atoms with E-state index in [-0.39, 0.29) is 5.78 Å². The van der Waals surface area contributed by atoms with Crippen molar-refractivity contribution in [3.8, 4) is 10.4 Å². The van der Waals surface area contributed by atoms with Gasteiger partial charge in [0.05, 0.1) is 34.6 Å². The van der Waals surface area contributed by atoms with Crippen molar-refractivity contribution in [1.82, 2.24) is 25.0 Å². The predicted octanol–water partition coefficient (Wildman–Crippen LogP) is 2.11. The molecule has 0 radical (unpaired) electrons. The third-order valence-corrected chi connectivity index (χ3v) is 5.55. The van der Waals surface area contributed by atoms with Gasteiger partial charge >= 0.3 is 0 Å². The number of fused-ring (bicyclic) bond motifs is 1. The lowest BCUT2D eigenvalue weighted by atomic mass is 10.1. The summed E-state index contributed by atoms with van der Waals surface area (Å²) in [6, 6.07) is 8.07. The van der Waals surface area contributed by atoms with Crippen molar-refractivity contribution < 1.29 is 4.79 Å². The predicted molar refractivity (Wildman–Crippen MR) is 103 cm³/mol. The zero-order chi connectivity index (χ0) is 17.9. The zero-order valence-electron chi connectivity index (χ0n) is 14.8. The van der Waals surface area contributed by atoms with E-state index in [1.54, 1.807) is 11.3 Å². The normalized spacial score (nSPS) is 16.2. The van der Waals surface area contributed by atoms with Crippen molar-refractivity contribution in [2.24, 2.45) is 0 Å². The highest BCUT2D eigenvalue weighted by Crippen LogP contribution is 2.26. The van der Waals surface area contributed by atoms with E-state index >= 15 is 0 Å². The van der Waals surface area contributed by atoms with Crippen LogP contribution in [0.3, 0.4) is 0 Å². The Morgan fingerprint density at radius 1 is 1.15 bits per heavy atom. The standard InChI is InChI=1S/C19H21N5OS/c1-23-4-6-24(7-5-23)12-17(25)10-16-9-15-8-14(19-11-20-13-26-19)2-3-18(15)22-21-16/h2-3,8-9,11,13H,4-7,10,12H2,1H3. The van der Waals surface area contributed by atoms with Gasteiger partial charge in [0.1, 0.15) is 0 Å². The van der Waals surface area contributed by atoms with Crippen LogP contribution < -0.4 is 0 Å². The fourth-order valence-corrected chi connectivity index (χ4v) is 3.82. The number of carbonyl (C=O) groups excluding carboxylic acids is 1. The maximum Gasteiger partial charge on any atom is 0.152 e. The molecule has 1 aromatic carbocycles. The number of carbonyl (C=O) groups is 1. The Hall–Kier alpha value is -2.22. The van der Waals surface area contributed by atoms with Gasteiger partial charge in [0.2, 0.25) is 0 Å². The molecule has 2 aromatic heterocycles. The summed E-state index contributed by atoms with van der Waals surface area (Å²) in [7, 11) is 2.12. The third kappa shape index (κ3) is 3.95. The fourth-order valence-electron chi connectivity index (χ4n) is 3.20. The molecule has 0 unspecified atom stereocenters. The lowest BCUT2D eigenvalue weighted by Crippen LogP contribution is -2.46. The first-order valence-electron chi connectivity index (χ1n) is 8.75. The van der Waals surface area contributed by atoms with Crippen molar-refractivity contribution in [3.63, 3.8) is 0 Å². The first-order chi connectivity index (χ1) is 12.7. The first kappa shape index (κ1) is 17.2.